The molecule has 4 N–H and O–H groups in total. The van der Waals surface area contributed by atoms with E-state index in [1.807, 2.05) is 0 Å². The van der Waals surface area contributed by atoms with Gasteiger partial charge in [0.25, 0.3) is 6.43 Å². The summed E-state index contributed by atoms with van der Waals surface area (Å²) in [6.07, 6.45) is -2.94. The number of hydrogen-bond donors (Lipinski definition) is 2. The maximum absolute atomic E-state index is 12.3. The molecule has 1 aromatic heterocycles. The number of sulfonamides is 1. The molecule has 0 radical (unpaired) electrons. The Kier molecular flexibility index (Phi) is 3.12. The highest BCUT2D eigenvalue weighted by molar-refractivity contribution is 7.89. The van der Waals surface area contributed by atoms with Gasteiger partial charge in [0.15, 0.2) is 0 Å². The lowest BCUT2D eigenvalue weighted by Crippen LogP contribution is -2.16. The highest BCUT2D eigenvalue weighted by Crippen LogP contribution is 2.29. The summed E-state index contributed by atoms with van der Waals surface area (Å²) in [7, 11) is -4.12. The maximum Gasteiger partial charge on any atom is 0.281 e. The lowest BCUT2D eigenvalue weighted by atomic mass is 10.3. The summed E-state index contributed by atoms with van der Waals surface area (Å²) < 4.78 is 46.3. The van der Waals surface area contributed by atoms with Crippen LogP contribution in [-0.2, 0) is 10.0 Å². The number of nitrogens with two attached hydrogens (primary N) is 2. The molecule has 0 aliphatic rings. The number of alkyl halides is 2. The van der Waals surface area contributed by atoms with E-state index in [0.717, 1.165) is 6.07 Å². The van der Waals surface area contributed by atoms with Crippen LogP contribution in [0.25, 0.3) is 0 Å². The first-order valence-electron chi connectivity index (χ1n) is 3.50. The fourth-order valence-electron chi connectivity index (χ4n) is 0.882. The molecule has 0 aliphatic heterocycles. The Hall–Kier alpha value is -0.990. The number of aromatic nitrogens is 1. The Morgan fingerprint density at radius 2 is 2.00 bits per heavy atom. The van der Waals surface area contributed by atoms with Crippen molar-refractivity contribution in [1.29, 1.82) is 0 Å². The topological polar surface area (TPSA) is 99.1 Å². The van der Waals surface area contributed by atoms with Crippen LogP contribution < -0.4 is 10.9 Å². The van der Waals surface area contributed by atoms with Crippen molar-refractivity contribution >= 4 is 27.4 Å². The van der Waals surface area contributed by atoms with Gasteiger partial charge in [-0.1, -0.05) is 11.6 Å². The van der Waals surface area contributed by atoms with Crippen LogP contribution in [0.4, 0.5) is 14.6 Å². The molecule has 0 saturated carbocycles. The molecule has 0 bridgehead atoms. The van der Waals surface area contributed by atoms with Gasteiger partial charge in [0.1, 0.15) is 16.4 Å². The first-order chi connectivity index (χ1) is 6.73. The van der Waals surface area contributed by atoms with Crippen LogP contribution in [0, 0.1) is 0 Å². The molecule has 1 aromatic rings. The van der Waals surface area contributed by atoms with Crippen LogP contribution >= 0.6 is 11.6 Å². The van der Waals surface area contributed by atoms with Gasteiger partial charge < -0.3 is 5.73 Å². The molecule has 5 nitrogen and oxygen atoms in total. The van der Waals surface area contributed by atoms with E-state index in [2.05, 4.69) is 4.98 Å². The lowest BCUT2D eigenvalue weighted by molar-refractivity contribution is 0.146. The van der Waals surface area contributed by atoms with Gasteiger partial charge in [-0.25, -0.2) is 27.3 Å². The van der Waals surface area contributed by atoms with Crippen molar-refractivity contribution in [1.82, 2.24) is 4.98 Å². The minimum Gasteiger partial charge on any atom is -0.383 e. The normalized spacial score (nSPS) is 12.1. The molecule has 0 atom stereocenters. The third-order valence-electron chi connectivity index (χ3n) is 1.51. The van der Waals surface area contributed by atoms with Gasteiger partial charge in [-0.05, 0) is 6.07 Å². The predicted molar refractivity (Wildman–Crippen MR) is 50.0 cm³/mol. The number of nitrogens with zero attached hydrogens (tertiary/aromatic N) is 1. The number of nitrogen functional groups attached to an aromatic ring is 1. The molecule has 0 spiro atoms. The Labute approximate surface area is 89.1 Å². The average Bonchev–Trinajstić information content (AvgIpc) is 2.06. The van der Waals surface area contributed by atoms with Gasteiger partial charge in [0, 0.05) is 0 Å². The first kappa shape index (κ1) is 12.1. The van der Waals surface area contributed by atoms with E-state index in [-0.39, 0.29) is 0 Å². The number of pyridine rings is 1. The highest BCUT2D eigenvalue weighted by Gasteiger charge is 2.21. The third kappa shape index (κ3) is 2.52. The molecule has 0 amide bonds. The molecule has 0 aromatic carbocycles. The van der Waals surface area contributed by atoms with Crippen LogP contribution in [-0.4, -0.2) is 13.4 Å². The van der Waals surface area contributed by atoms with E-state index >= 15 is 0 Å². The molecule has 0 aliphatic carbocycles. The summed E-state index contributed by atoms with van der Waals surface area (Å²) in [5, 5.41) is 4.26. The number of anilines is 1. The van der Waals surface area contributed by atoms with Gasteiger partial charge in [-0.3, -0.25) is 0 Å². The Balaban J connectivity index is 3.46. The van der Waals surface area contributed by atoms with E-state index in [4.69, 9.17) is 22.5 Å². The van der Waals surface area contributed by atoms with E-state index in [1.165, 1.54) is 0 Å². The molecule has 15 heavy (non-hydrogen) atoms. The Morgan fingerprint density at radius 1 is 1.47 bits per heavy atom. The lowest BCUT2D eigenvalue weighted by Gasteiger charge is -2.07. The van der Waals surface area contributed by atoms with Crippen LogP contribution in [0.2, 0.25) is 5.02 Å². The van der Waals surface area contributed by atoms with Gasteiger partial charge in [0.2, 0.25) is 10.0 Å². The van der Waals surface area contributed by atoms with Crippen molar-refractivity contribution in [2.45, 2.75) is 11.3 Å². The SMILES string of the molecule is Nc1nc(C(F)F)c(Cl)cc1S(N)(=O)=O. The van der Waals surface area contributed by atoms with Crippen molar-refractivity contribution in [2.24, 2.45) is 5.14 Å². The van der Waals surface area contributed by atoms with E-state index < -0.39 is 37.9 Å². The Morgan fingerprint density at radius 3 is 2.40 bits per heavy atom. The van der Waals surface area contributed by atoms with E-state index in [1.54, 1.807) is 0 Å². The van der Waals surface area contributed by atoms with Crippen molar-refractivity contribution in [3.63, 3.8) is 0 Å². The molecular weight excluding hydrogens is 252 g/mol. The van der Waals surface area contributed by atoms with E-state index in [9.17, 15) is 17.2 Å². The molecule has 1 rings (SSSR count). The fourth-order valence-corrected chi connectivity index (χ4v) is 1.80. The zero-order chi connectivity index (χ0) is 11.8. The summed E-state index contributed by atoms with van der Waals surface area (Å²) in [5.74, 6) is -0.600. The zero-order valence-electron chi connectivity index (χ0n) is 7.12. The van der Waals surface area contributed by atoms with Crippen molar-refractivity contribution in [2.75, 3.05) is 5.73 Å². The van der Waals surface area contributed by atoms with Crippen molar-refractivity contribution in [3.8, 4) is 0 Å². The summed E-state index contributed by atoms with van der Waals surface area (Å²) in [4.78, 5) is 2.60. The number of primary sulfonamides is 1. The number of halogens is 3. The van der Waals surface area contributed by atoms with Crippen LogP contribution in [0.5, 0.6) is 0 Å². The largest absolute Gasteiger partial charge is 0.383 e. The standard InChI is InChI=1S/C6H6ClF2N3O2S/c7-2-1-3(15(11,13)14)6(10)12-4(2)5(8)9/h1,5H,(H2,10,12)(H2,11,13,14). The van der Waals surface area contributed by atoms with Crippen LogP contribution in [0.1, 0.15) is 12.1 Å². The monoisotopic (exact) mass is 257 g/mol. The first-order valence-corrected chi connectivity index (χ1v) is 5.42. The fraction of sp³-hybridized carbons (Fsp3) is 0.167. The molecular formula is C6H6ClF2N3O2S. The predicted octanol–water partition coefficient (Wildman–Crippen LogP) is 0.902. The Bertz CT molecular complexity index is 491. The minimum atomic E-state index is -4.12. The van der Waals surface area contributed by atoms with Crippen LogP contribution in [0.15, 0.2) is 11.0 Å². The molecule has 0 unspecified atom stereocenters. The summed E-state index contributed by atoms with van der Waals surface area (Å²) >= 11 is 5.38. The average molecular weight is 258 g/mol. The van der Waals surface area contributed by atoms with Gasteiger partial charge in [0.05, 0.1) is 5.02 Å². The molecule has 0 saturated heterocycles. The summed E-state index contributed by atoms with van der Waals surface area (Å²) in [6, 6.07) is 0.751. The number of hydrogen-bond acceptors (Lipinski definition) is 4. The molecule has 1 heterocycles. The molecule has 9 heteroatoms. The number of rotatable bonds is 2. The van der Waals surface area contributed by atoms with Crippen molar-refractivity contribution in [3.05, 3.63) is 16.8 Å². The highest BCUT2D eigenvalue weighted by atomic mass is 35.5. The third-order valence-corrected chi connectivity index (χ3v) is 2.75. The van der Waals surface area contributed by atoms with Gasteiger partial charge >= 0.3 is 0 Å². The minimum absolute atomic E-state index is 0.497. The van der Waals surface area contributed by atoms with Crippen LogP contribution in [0.3, 0.4) is 0 Å². The summed E-state index contributed by atoms with van der Waals surface area (Å²) in [6.45, 7) is 0. The smallest absolute Gasteiger partial charge is 0.281 e. The molecule has 84 valence electrons. The quantitative estimate of drug-likeness (QED) is 0.822. The summed E-state index contributed by atoms with van der Waals surface area (Å²) in [5.41, 5.74) is 4.38. The second-order valence-electron chi connectivity index (χ2n) is 2.58. The van der Waals surface area contributed by atoms with E-state index in [0.29, 0.717) is 0 Å². The second kappa shape index (κ2) is 3.87. The molecule has 0 fully saturated rings. The maximum atomic E-state index is 12.3. The van der Waals surface area contributed by atoms with Gasteiger partial charge in [-0.15, -0.1) is 0 Å². The zero-order valence-corrected chi connectivity index (χ0v) is 8.69. The van der Waals surface area contributed by atoms with Crippen molar-refractivity contribution < 1.29 is 17.2 Å². The second-order valence-corrected chi connectivity index (χ2v) is 4.52. The van der Waals surface area contributed by atoms with Gasteiger partial charge in [-0.2, -0.15) is 0 Å².